The van der Waals surface area contributed by atoms with E-state index in [1.54, 1.807) is 56.4 Å². The van der Waals surface area contributed by atoms with Crippen LogP contribution in [0, 0.1) is 66.7 Å². The second-order valence-corrected chi connectivity index (χ2v) is 19.5. The van der Waals surface area contributed by atoms with E-state index in [2.05, 4.69) is 27.1 Å². The zero-order valence-electron chi connectivity index (χ0n) is 43.5. The van der Waals surface area contributed by atoms with Crippen LogP contribution in [0.15, 0.2) is 213 Å². The quantitative estimate of drug-likeness (QED) is 0.0957. The van der Waals surface area contributed by atoms with Gasteiger partial charge in [0.1, 0.15) is 29.0 Å². The van der Waals surface area contributed by atoms with E-state index in [1.165, 1.54) is 48.8 Å². The maximum atomic E-state index is 16.3. The van der Waals surface area contributed by atoms with Crippen LogP contribution in [0.2, 0.25) is 0 Å². The molecule has 0 fully saturated rings. The van der Waals surface area contributed by atoms with Crippen LogP contribution in [0.3, 0.4) is 0 Å². The summed E-state index contributed by atoms with van der Waals surface area (Å²) in [6, 6.07) is 57.8. The van der Waals surface area contributed by atoms with Gasteiger partial charge in [-0.25, -0.2) is 26.9 Å². The van der Waals surface area contributed by atoms with Crippen molar-refractivity contribution in [2.75, 3.05) is 0 Å². The number of rotatable bonds is 11. The van der Waals surface area contributed by atoms with E-state index in [0.717, 1.165) is 52.2 Å². The zero-order valence-corrected chi connectivity index (χ0v) is 45.9. The minimum atomic E-state index is -0.897. The summed E-state index contributed by atoms with van der Waals surface area (Å²) in [5.74, 6) is -5.09. The Labute approximate surface area is 481 Å². The van der Waals surface area contributed by atoms with E-state index in [-0.39, 0.29) is 42.8 Å². The number of benzene rings is 8. The maximum absolute atomic E-state index is 16.3. The summed E-state index contributed by atoms with van der Waals surface area (Å²) in [7, 11) is 0. The van der Waals surface area contributed by atoms with Crippen LogP contribution in [0.25, 0.3) is 123 Å². The fourth-order valence-corrected chi connectivity index (χ4v) is 10.3. The second kappa shape index (κ2) is 22.9. The molecule has 0 aliphatic rings. The zero-order chi connectivity index (χ0) is 55.9. The molecule has 0 atom stereocenters. The van der Waals surface area contributed by atoms with Crippen molar-refractivity contribution < 1.29 is 50.8 Å². The second-order valence-electron chi connectivity index (χ2n) is 19.5. The summed E-state index contributed by atoms with van der Waals surface area (Å²) in [6.45, 7) is 3.57. The molecule has 12 rings (SSSR count). The van der Waals surface area contributed by atoms with Crippen molar-refractivity contribution in [1.82, 2.24) is 19.9 Å². The monoisotopic (exact) mass is 1260 g/mol. The van der Waals surface area contributed by atoms with Crippen molar-refractivity contribution in [2.45, 2.75) is 13.8 Å². The third-order valence-electron chi connectivity index (χ3n) is 14.3. The number of nitrogens with zero attached hydrogens (tertiary/aromatic N) is 4. The van der Waals surface area contributed by atoms with Crippen molar-refractivity contribution in [3.63, 3.8) is 0 Å². The SMILES string of the molecule is Cc1cc(-c2[c-]cc(F)cc2F)ncc1-c1ccc(F)cc1-c1cc(-c2cc(F)ccc2-c2cnc(-c3ncc(F)cc3F)cc2C)cc(-c2cc(F)ccc2-c2cnc(-c3[c-]cccc3)cc2-c2ccc(-c3ccccc3)cc2)c1.[Ir]. The van der Waals surface area contributed by atoms with Crippen molar-refractivity contribution in [1.29, 1.82) is 0 Å². The molecule has 12 aromatic rings. The molecule has 0 aliphatic carbocycles. The Morgan fingerprint density at radius 2 is 0.805 bits per heavy atom. The number of halogens is 7. The molecular weight excluding hydrogens is 1220 g/mol. The average Bonchev–Trinajstić information content (AvgIpc) is 3.51. The minimum Gasteiger partial charge on any atom is -0.304 e. The number of pyridine rings is 4. The Balaban J connectivity index is 0.00000705. The molecule has 0 saturated carbocycles. The number of aryl methyl sites for hydroxylation is 2. The van der Waals surface area contributed by atoms with Crippen LogP contribution >= 0.6 is 0 Å². The van der Waals surface area contributed by atoms with Crippen LogP contribution in [0.4, 0.5) is 30.7 Å². The van der Waals surface area contributed by atoms with E-state index in [0.29, 0.717) is 83.6 Å². The van der Waals surface area contributed by atoms with Gasteiger partial charge in [-0.15, -0.1) is 48.0 Å². The number of aromatic nitrogens is 4. The van der Waals surface area contributed by atoms with Crippen LogP contribution in [-0.4, -0.2) is 19.9 Å². The molecule has 0 amide bonds. The van der Waals surface area contributed by atoms with Gasteiger partial charge in [-0.05, 0) is 169 Å². The van der Waals surface area contributed by atoms with Gasteiger partial charge in [0, 0.05) is 73.1 Å². The Morgan fingerprint density at radius 1 is 0.317 bits per heavy atom. The van der Waals surface area contributed by atoms with Crippen molar-refractivity contribution in [3.05, 3.63) is 277 Å². The predicted molar refractivity (Wildman–Crippen MR) is 304 cm³/mol. The van der Waals surface area contributed by atoms with E-state index < -0.39 is 40.7 Å². The Bertz CT molecular complexity index is 4240. The fraction of sp³-hybridized carbons (Fsp3) is 0.0286. The number of hydrogen-bond donors (Lipinski definition) is 0. The topological polar surface area (TPSA) is 51.6 Å². The van der Waals surface area contributed by atoms with Crippen molar-refractivity contribution >= 4 is 0 Å². The largest absolute Gasteiger partial charge is 0.304 e. The molecule has 0 N–H and O–H groups in total. The molecule has 0 bridgehead atoms. The van der Waals surface area contributed by atoms with Gasteiger partial charge in [-0.2, -0.15) is 0 Å². The van der Waals surface area contributed by atoms with Crippen molar-refractivity contribution in [3.8, 4) is 123 Å². The summed E-state index contributed by atoms with van der Waals surface area (Å²) in [5, 5.41) is 0. The molecule has 1 radical (unpaired) electrons. The first kappa shape index (κ1) is 54.5. The molecule has 0 aliphatic heterocycles. The average molecular weight is 1260 g/mol. The van der Waals surface area contributed by atoms with Crippen LogP contribution in [0.5, 0.6) is 0 Å². The summed E-state index contributed by atoms with van der Waals surface area (Å²) >= 11 is 0. The fourth-order valence-electron chi connectivity index (χ4n) is 10.3. The van der Waals surface area contributed by atoms with Gasteiger partial charge in [0.05, 0.1) is 11.9 Å². The third kappa shape index (κ3) is 10.9. The van der Waals surface area contributed by atoms with Crippen LogP contribution in [0.1, 0.15) is 11.1 Å². The minimum absolute atomic E-state index is 0. The first-order valence-corrected chi connectivity index (χ1v) is 25.6. The molecule has 0 saturated heterocycles. The molecule has 4 heterocycles. The number of hydrogen-bond acceptors (Lipinski definition) is 4. The molecule has 82 heavy (non-hydrogen) atoms. The predicted octanol–water partition coefficient (Wildman–Crippen LogP) is 18.8. The normalized spacial score (nSPS) is 11.1. The van der Waals surface area contributed by atoms with E-state index in [9.17, 15) is 8.78 Å². The van der Waals surface area contributed by atoms with E-state index >= 15 is 22.0 Å². The first-order chi connectivity index (χ1) is 39.3. The molecule has 12 heteroatoms. The molecule has 8 aromatic carbocycles. The third-order valence-corrected chi connectivity index (χ3v) is 14.3. The Kier molecular flexibility index (Phi) is 15.2. The smallest absolute Gasteiger partial charge is 0.153 e. The molecule has 0 unspecified atom stereocenters. The summed E-state index contributed by atoms with van der Waals surface area (Å²) in [4.78, 5) is 18.0. The first-order valence-electron chi connectivity index (χ1n) is 25.6. The van der Waals surface area contributed by atoms with Crippen LogP contribution < -0.4 is 0 Å². The van der Waals surface area contributed by atoms with Crippen molar-refractivity contribution in [2.24, 2.45) is 0 Å². The van der Waals surface area contributed by atoms with Gasteiger partial charge >= 0.3 is 0 Å². The van der Waals surface area contributed by atoms with Crippen LogP contribution in [-0.2, 0) is 20.1 Å². The Hall–Kier alpha value is -9.48. The summed E-state index contributed by atoms with van der Waals surface area (Å²) in [5.41, 5.74) is 12.4. The van der Waals surface area contributed by atoms with E-state index in [1.807, 2.05) is 97.1 Å². The van der Waals surface area contributed by atoms with Gasteiger partial charge in [-0.1, -0.05) is 96.6 Å². The van der Waals surface area contributed by atoms with Gasteiger partial charge < -0.3 is 9.97 Å². The molecule has 401 valence electrons. The molecular formula is C70H41F7IrN4-2. The maximum Gasteiger partial charge on any atom is 0.153 e. The van der Waals surface area contributed by atoms with Gasteiger partial charge in [0.2, 0.25) is 0 Å². The van der Waals surface area contributed by atoms with E-state index in [4.69, 9.17) is 4.98 Å². The molecule has 0 spiro atoms. The Morgan fingerprint density at radius 3 is 1.35 bits per heavy atom. The molecule has 4 aromatic heterocycles. The molecule has 4 nitrogen and oxygen atoms in total. The summed E-state index contributed by atoms with van der Waals surface area (Å²) < 4.78 is 106. The van der Waals surface area contributed by atoms with Gasteiger partial charge in [0.25, 0.3) is 0 Å². The standard InChI is InChI=1S/C70H41F7N4.Ir/c1-40-25-68(57-24-20-52(74)33-65(57)76)79-37-62(40)54-21-17-49(71)30-58(54)46-27-47(59-31-50(72)18-22-55(59)63-38-80-69(26-41(63)2)70-66(77)34-53(75)36-81-70)29-48(28-46)60-32-51(73)19-23-56(60)64-39-78-67(45-11-7-4-8-12-45)35-61(64)44-15-13-43(14-16-44)42-9-5-3-6-10-42;/h3-11,13-23,25-39H,1-2H3;/q-2;. The van der Waals surface area contributed by atoms with Gasteiger partial charge in [-0.3, -0.25) is 13.8 Å². The van der Waals surface area contributed by atoms with Gasteiger partial charge in [0.15, 0.2) is 5.82 Å². The summed E-state index contributed by atoms with van der Waals surface area (Å²) in [6.07, 6.45) is 5.70.